The standard InChI is InChI=1S/C27H40ClN3O3/c1-6-12-26(29)13-11-19(16-26)23(32)30-22(18(2)3)24(33)31-15-14-27(34,25(4,5)17-31)20-7-9-21(28)10-8-20/h6-10,18-19,22,34H,1,11-17,29H2,2-5H3,(H,30,32). The van der Waals surface area contributed by atoms with E-state index in [0.29, 0.717) is 37.4 Å². The van der Waals surface area contributed by atoms with Crippen molar-refractivity contribution in [2.75, 3.05) is 13.1 Å². The van der Waals surface area contributed by atoms with Crippen molar-refractivity contribution in [2.24, 2.45) is 23.0 Å². The molecule has 1 aromatic carbocycles. The predicted molar refractivity (Wildman–Crippen MR) is 136 cm³/mol. The van der Waals surface area contributed by atoms with Gasteiger partial charge in [-0.15, -0.1) is 6.58 Å². The van der Waals surface area contributed by atoms with E-state index in [1.807, 2.05) is 45.9 Å². The lowest BCUT2D eigenvalue weighted by Crippen LogP contribution is -2.60. The fraction of sp³-hybridized carbons (Fsp3) is 0.630. The van der Waals surface area contributed by atoms with Gasteiger partial charge in [0.25, 0.3) is 0 Å². The number of aliphatic hydroxyl groups is 1. The van der Waals surface area contributed by atoms with Crippen molar-refractivity contribution in [3.63, 3.8) is 0 Å². The van der Waals surface area contributed by atoms with Crippen molar-refractivity contribution in [3.05, 3.63) is 47.5 Å². The molecule has 0 radical (unpaired) electrons. The highest BCUT2D eigenvalue weighted by molar-refractivity contribution is 6.30. The molecule has 6 nitrogen and oxygen atoms in total. The smallest absolute Gasteiger partial charge is 0.245 e. The lowest BCUT2D eigenvalue weighted by molar-refractivity contribution is -0.157. The second kappa shape index (κ2) is 10.00. The van der Waals surface area contributed by atoms with Crippen LogP contribution < -0.4 is 11.1 Å². The second-order valence-electron chi connectivity index (χ2n) is 11.3. The van der Waals surface area contributed by atoms with E-state index in [4.69, 9.17) is 17.3 Å². The van der Waals surface area contributed by atoms with Crippen LogP contribution in [0.4, 0.5) is 0 Å². The highest BCUT2D eigenvalue weighted by Crippen LogP contribution is 2.46. The fourth-order valence-corrected chi connectivity index (χ4v) is 5.73. The fourth-order valence-electron chi connectivity index (χ4n) is 5.61. The van der Waals surface area contributed by atoms with Gasteiger partial charge in [-0.1, -0.05) is 57.5 Å². The Morgan fingerprint density at radius 1 is 1.29 bits per heavy atom. The Bertz CT molecular complexity index is 916. The molecule has 1 aliphatic carbocycles. The number of amides is 2. The molecule has 2 fully saturated rings. The molecular formula is C27H40ClN3O3. The summed E-state index contributed by atoms with van der Waals surface area (Å²) in [5, 5.41) is 15.3. The molecule has 1 saturated heterocycles. The highest BCUT2D eigenvalue weighted by atomic mass is 35.5. The van der Waals surface area contributed by atoms with Crippen LogP contribution in [0.3, 0.4) is 0 Å². The Kier molecular flexibility index (Phi) is 7.86. The summed E-state index contributed by atoms with van der Waals surface area (Å²) in [5.41, 5.74) is 5.17. The number of nitrogens with one attached hydrogen (secondary N) is 1. The van der Waals surface area contributed by atoms with Crippen molar-refractivity contribution in [1.82, 2.24) is 10.2 Å². The van der Waals surface area contributed by atoms with Crippen LogP contribution in [0.15, 0.2) is 36.9 Å². The van der Waals surface area contributed by atoms with Gasteiger partial charge in [-0.05, 0) is 55.7 Å². The van der Waals surface area contributed by atoms with Crippen molar-refractivity contribution in [3.8, 4) is 0 Å². The van der Waals surface area contributed by atoms with Gasteiger partial charge in [-0.2, -0.15) is 0 Å². The molecule has 188 valence electrons. The third-order valence-electron chi connectivity index (χ3n) is 7.88. The monoisotopic (exact) mass is 489 g/mol. The summed E-state index contributed by atoms with van der Waals surface area (Å²) in [7, 11) is 0. The first-order valence-electron chi connectivity index (χ1n) is 12.3. The molecule has 1 aromatic rings. The lowest BCUT2D eigenvalue weighted by atomic mass is 9.66. The van der Waals surface area contributed by atoms with Gasteiger partial charge in [-0.3, -0.25) is 9.59 Å². The van der Waals surface area contributed by atoms with E-state index < -0.39 is 17.1 Å². The molecule has 0 spiro atoms. The molecule has 4 unspecified atom stereocenters. The highest BCUT2D eigenvalue weighted by Gasteiger charge is 2.50. The third-order valence-corrected chi connectivity index (χ3v) is 8.13. The van der Waals surface area contributed by atoms with E-state index in [9.17, 15) is 14.7 Å². The van der Waals surface area contributed by atoms with E-state index in [-0.39, 0.29) is 29.2 Å². The second-order valence-corrected chi connectivity index (χ2v) is 11.7. The van der Waals surface area contributed by atoms with Gasteiger partial charge in [0.2, 0.25) is 11.8 Å². The van der Waals surface area contributed by atoms with Crippen LogP contribution in [-0.4, -0.2) is 46.5 Å². The zero-order valence-corrected chi connectivity index (χ0v) is 21.7. The summed E-state index contributed by atoms with van der Waals surface area (Å²) >= 11 is 6.04. The van der Waals surface area contributed by atoms with Gasteiger partial charge in [0.1, 0.15) is 6.04 Å². The maximum Gasteiger partial charge on any atom is 0.245 e. The van der Waals surface area contributed by atoms with Crippen molar-refractivity contribution < 1.29 is 14.7 Å². The Hall–Kier alpha value is -1.89. The topological polar surface area (TPSA) is 95.7 Å². The molecule has 0 bridgehead atoms. The lowest BCUT2D eigenvalue weighted by Gasteiger charge is -2.51. The maximum absolute atomic E-state index is 13.6. The van der Waals surface area contributed by atoms with E-state index in [2.05, 4.69) is 11.9 Å². The minimum Gasteiger partial charge on any atom is -0.384 e. The average molecular weight is 490 g/mol. The molecule has 2 amide bonds. The first-order chi connectivity index (χ1) is 15.8. The number of nitrogens with two attached hydrogens (primary N) is 1. The molecule has 1 aliphatic heterocycles. The van der Waals surface area contributed by atoms with Crippen molar-refractivity contribution in [1.29, 1.82) is 0 Å². The molecule has 3 rings (SSSR count). The predicted octanol–water partition coefficient (Wildman–Crippen LogP) is 4.00. The number of piperidine rings is 1. The van der Waals surface area contributed by atoms with E-state index in [1.54, 1.807) is 17.0 Å². The molecule has 2 aliphatic rings. The molecular weight excluding hydrogens is 450 g/mol. The number of nitrogens with zero attached hydrogens (tertiary/aromatic N) is 1. The number of likely N-dealkylation sites (tertiary alicyclic amines) is 1. The molecule has 4 atom stereocenters. The average Bonchev–Trinajstić information content (AvgIpc) is 3.15. The van der Waals surface area contributed by atoms with E-state index in [0.717, 1.165) is 18.4 Å². The molecule has 0 aromatic heterocycles. The summed E-state index contributed by atoms with van der Waals surface area (Å²) in [4.78, 5) is 28.4. The zero-order valence-electron chi connectivity index (χ0n) is 20.9. The number of benzene rings is 1. The van der Waals surface area contributed by atoms with Gasteiger partial charge in [-0.25, -0.2) is 0 Å². The van der Waals surface area contributed by atoms with Crippen LogP contribution in [0.2, 0.25) is 5.02 Å². The van der Waals surface area contributed by atoms with E-state index in [1.165, 1.54) is 0 Å². The number of hydrogen-bond donors (Lipinski definition) is 3. The molecule has 1 heterocycles. The molecule has 7 heteroatoms. The summed E-state index contributed by atoms with van der Waals surface area (Å²) in [5.74, 6) is -0.448. The quantitative estimate of drug-likeness (QED) is 0.504. The zero-order chi connectivity index (χ0) is 25.3. The minimum absolute atomic E-state index is 0.0613. The summed E-state index contributed by atoms with van der Waals surface area (Å²) in [6.45, 7) is 12.4. The van der Waals surface area contributed by atoms with Crippen LogP contribution >= 0.6 is 11.6 Å². The van der Waals surface area contributed by atoms with Crippen LogP contribution in [0.25, 0.3) is 0 Å². The number of hydrogen-bond acceptors (Lipinski definition) is 4. The summed E-state index contributed by atoms with van der Waals surface area (Å²) < 4.78 is 0. The minimum atomic E-state index is -1.08. The van der Waals surface area contributed by atoms with Crippen LogP contribution in [0, 0.1) is 17.3 Å². The molecule has 1 saturated carbocycles. The number of halogens is 1. The normalized spacial score (nSPS) is 29.6. The van der Waals surface area contributed by atoms with Crippen LogP contribution in [0.1, 0.15) is 65.4 Å². The largest absolute Gasteiger partial charge is 0.384 e. The SMILES string of the molecule is C=CCC1(N)CCC(C(=O)NC(C(=O)N2CCC(O)(c3ccc(Cl)cc3)C(C)(C)C2)C(C)C)C1. The van der Waals surface area contributed by atoms with Crippen LogP contribution in [-0.2, 0) is 15.2 Å². The first-order valence-corrected chi connectivity index (χ1v) is 12.7. The third kappa shape index (κ3) is 5.34. The van der Waals surface area contributed by atoms with Gasteiger partial charge >= 0.3 is 0 Å². The number of carbonyl (C=O) groups is 2. The summed E-state index contributed by atoms with van der Waals surface area (Å²) in [6.07, 6.45) is 5.01. The van der Waals surface area contributed by atoms with Gasteiger partial charge in [0, 0.05) is 35.0 Å². The first kappa shape index (κ1) is 26.7. The molecule has 34 heavy (non-hydrogen) atoms. The van der Waals surface area contributed by atoms with Crippen molar-refractivity contribution in [2.45, 2.75) is 77.0 Å². The Balaban J connectivity index is 1.70. The van der Waals surface area contributed by atoms with Crippen molar-refractivity contribution >= 4 is 23.4 Å². The van der Waals surface area contributed by atoms with Gasteiger partial charge in [0.15, 0.2) is 0 Å². The number of rotatable bonds is 7. The Labute approximate surface area is 208 Å². The summed E-state index contributed by atoms with van der Waals surface area (Å²) in [6, 6.07) is 6.65. The van der Waals surface area contributed by atoms with Gasteiger partial charge < -0.3 is 21.1 Å². The van der Waals surface area contributed by atoms with Gasteiger partial charge in [0.05, 0.1) is 5.60 Å². The van der Waals surface area contributed by atoms with Crippen LogP contribution in [0.5, 0.6) is 0 Å². The maximum atomic E-state index is 13.6. The number of carbonyl (C=O) groups excluding carboxylic acids is 2. The Morgan fingerprint density at radius 2 is 1.94 bits per heavy atom. The molecule has 4 N–H and O–H groups in total. The van der Waals surface area contributed by atoms with E-state index >= 15 is 0 Å². The Morgan fingerprint density at radius 3 is 2.50 bits per heavy atom.